The average Bonchev–Trinajstić information content (AvgIpc) is 2.89. The summed E-state index contributed by atoms with van der Waals surface area (Å²) in [7, 11) is 0. The number of hydrogen-bond acceptors (Lipinski definition) is 4. The van der Waals surface area contributed by atoms with Crippen molar-refractivity contribution in [3.8, 4) is 5.75 Å². The van der Waals surface area contributed by atoms with Crippen molar-refractivity contribution in [3.05, 3.63) is 44.8 Å². The normalized spacial score (nSPS) is 11.9. The van der Waals surface area contributed by atoms with Crippen molar-refractivity contribution in [3.63, 3.8) is 0 Å². The topological polar surface area (TPSA) is 51.2 Å². The fourth-order valence-corrected chi connectivity index (χ4v) is 2.71. The Morgan fingerprint density at radius 1 is 1.40 bits per heavy atom. The molecule has 1 aromatic heterocycles. The summed E-state index contributed by atoms with van der Waals surface area (Å²) in [5.41, 5.74) is 0. The van der Waals surface area contributed by atoms with Crippen LogP contribution in [0.15, 0.2) is 29.8 Å². The first kappa shape index (κ1) is 15.1. The maximum absolute atomic E-state index is 11.8. The summed E-state index contributed by atoms with van der Waals surface area (Å²) in [6, 6.07) is 4.66. The third-order valence-electron chi connectivity index (χ3n) is 2.41. The molecule has 2 rings (SSSR count). The fraction of sp³-hybridized carbons (Fsp3) is 0.231. The lowest BCUT2D eigenvalue weighted by atomic mass is 10.3. The average molecular weight is 331 g/mol. The largest absolute Gasteiger partial charge is 0.484 e. The molecule has 1 heterocycles. The van der Waals surface area contributed by atoms with Crippen LogP contribution in [0, 0.1) is 0 Å². The lowest BCUT2D eigenvalue weighted by Crippen LogP contribution is -2.31. The minimum atomic E-state index is -0.233. The van der Waals surface area contributed by atoms with E-state index in [0.717, 1.165) is 5.01 Å². The molecule has 0 saturated heterocycles. The number of thiazole rings is 1. The third-order valence-corrected chi connectivity index (χ3v) is 3.80. The Kier molecular flexibility index (Phi) is 5.23. The Balaban J connectivity index is 1.86. The van der Waals surface area contributed by atoms with Gasteiger partial charge in [-0.2, -0.15) is 0 Å². The van der Waals surface area contributed by atoms with Crippen LogP contribution in [0.5, 0.6) is 5.75 Å². The van der Waals surface area contributed by atoms with Crippen molar-refractivity contribution >= 4 is 40.4 Å². The van der Waals surface area contributed by atoms with Crippen LogP contribution in [-0.4, -0.2) is 17.5 Å². The van der Waals surface area contributed by atoms with Crippen molar-refractivity contribution in [2.45, 2.75) is 13.0 Å². The van der Waals surface area contributed by atoms with Gasteiger partial charge in [0.1, 0.15) is 10.8 Å². The molecule has 106 valence electrons. The maximum atomic E-state index is 11.8. The minimum absolute atomic E-state index is 0.105. The third kappa shape index (κ3) is 4.37. The van der Waals surface area contributed by atoms with Gasteiger partial charge >= 0.3 is 0 Å². The van der Waals surface area contributed by atoms with E-state index in [1.54, 1.807) is 24.4 Å². The second-order valence-electron chi connectivity index (χ2n) is 4.05. The SMILES string of the molecule is C[C@@H](NC(=O)COc1cc(Cl)cc(Cl)c1)c1nccs1. The van der Waals surface area contributed by atoms with E-state index < -0.39 is 0 Å². The van der Waals surface area contributed by atoms with E-state index in [2.05, 4.69) is 10.3 Å². The predicted molar refractivity (Wildman–Crippen MR) is 80.6 cm³/mol. The zero-order valence-corrected chi connectivity index (χ0v) is 12.9. The van der Waals surface area contributed by atoms with Crippen LogP contribution < -0.4 is 10.1 Å². The van der Waals surface area contributed by atoms with Crippen molar-refractivity contribution in [1.29, 1.82) is 0 Å². The van der Waals surface area contributed by atoms with Crippen molar-refractivity contribution < 1.29 is 9.53 Å². The Hall–Kier alpha value is -1.30. The van der Waals surface area contributed by atoms with Gasteiger partial charge in [-0.1, -0.05) is 23.2 Å². The summed E-state index contributed by atoms with van der Waals surface area (Å²) >= 11 is 13.2. The molecule has 1 N–H and O–H groups in total. The van der Waals surface area contributed by atoms with Crippen LogP contribution >= 0.6 is 34.5 Å². The van der Waals surface area contributed by atoms with Crippen molar-refractivity contribution in [2.24, 2.45) is 0 Å². The summed E-state index contributed by atoms with van der Waals surface area (Å²) in [6.07, 6.45) is 1.70. The van der Waals surface area contributed by atoms with E-state index in [-0.39, 0.29) is 18.6 Å². The van der Waals surface area contributed by atoms with Gasteiger partial charge < -0.3 is 10.1 Å². The molecule has 0 fully saturated rings. The monoisotopic (exact) mass is 330 g/mol. The van der Waals surface area contributed by atoms with Crippen LogP contribution in [0.25, 0.3) is 0 Å². The molecule has 0 aliphatic rings. The highest BCUT2D eigenvalue weighted by molar-refractivity contribution is 7.09. The van der Waals surface area contributed by atoms with E-state index in [9.17, 15) is 4.79 Å². The molecule has 0 bridgehead atoms. The first-order chi connectivity index (χ1) is 9.54. The molecule has 0 aliphatic carbocycles. The highest BCUT2D eigenvalue weighted by Gasteiger charge is 2.12. The number of nitrogens with zero attached hydrogens (tertiary/aromatic N) is 1. The van der Waals surface area contributed by atoms with Gasteiger partial charge in [0.25, 0.3) is 5.91 Å². The molecule has 1 aromatic carbocycles. The quantitative estimate of drug-likeness (QED) is 0.909. The number of halogens is 2. The number of aromatic nitrogens is 1. The van der Waals surface area contributed by atoms with Gasteiger partial charge in [-0.3, -0.25) is 4.79 Å². The van der Waals surface area contributed by atoms with Gasteiger partial charge in [0, 0.05) is 21.6 Å². The molecule has 2 aromatic rings. The number of ether oxygens (including phenoxy) is 1. The summed E-state index contributed by atoms with van der Waals surface area (Å²) in [4.78, 5) is 15.9. The molecule has 1 atom stereocenters. The molecule has 0 radical (unpaired) electrons. The smallest absolute Gasteiger partial charge is 0.258 e. The van der Waals surface area contributed by atoms with E-state index in [4.69, 9.17) is 27.9 Å². The second-order valence-corrected chi connectivity index (χ2v) is 5.85. The second kappa shape index (κ2) is 6.92. The highest BCUT2D eigenvalue weighted by atomic mass is 35.5. The Labute approximate surface area is 130 Å². The molecular formula is C13H12Cl2N2O2S. The van der Waals surface area contributed by atoms with Crippen LogP contribution in [0.2, 0.25) is 10.0 Å². The molecule has 0 unspecified atom stereocenters. The number of carbonyl (C=O) groups excluding carboxylic acids is 1. The lowest BCUT2D eigenvalue weighted by molar-refractivity contribution is -0.123. The molecular weight excluding hydrogens is 319 g/mol. The van der Waals surface area contributed by atoms with Crippen LogP contribution in [0.4, 0.5) is 0 Å². The highest BCUT2D eigenvalue weighted by Crippen LogP contribution is 2.24. The predicted octanol–water partition coefficient (Wildman–Crippen LogP) is 3.71. The molecule has 0 aliphatic heterocycles. The van der Waals surface area contributed by atoms with Crippen LogP contribution in [0.3, 0.4) is 0 Å². The summed E-state index contributed by atoms with van der Waals surface area (Å²) < 4.78 is 5.35. The number of nitrogens with one attached hydrogen (secondary N) is 1. The first-order valence-corrected chi connectivity index (χ1v) is 7.46. The van der Waals surface area contributed by atoms with Gasteiger partial charge in [0.15, 0.2) is 6.61 Å². The van der Waals surface area contributed by atoms with Crippen molar-refractivity contribution in [1.82, 2.24) is 10.3 Å². The number of benzene rings is 1. The molecule has 0 saturated carbocycles. The van der Waals surface area contributed by atoms with Gasteiger partial charge in [-0.25, -0.2) is 4.98 Å². The van der Waals surface area contributed by atoms with E-state index in [1.807, 2.05) is 12.3 Å². The number of amides is 1. The Bertz CT molecular complexity index is 570. The van der Waals surface area contributed by atoms with Gasteiger partial charge in [-0.05, 0) is 25.1 Å². The van der Waals surface area contributed by atoms with E-state index in [0.29, 0.717) is 15.8 Å². The van der Waals surface area contributed by atoms with Crippen molar-refractivity contribution in [2.75, 3.05) is 6.61 Å². The number of hydrogen-bond donors (Lipinski definition) is 1. The summed E-state index contributed by atoms with van der Waals surface area (Å²) in [6.45, 7) is 1.76. The fourth-order valence-electron chi connectivity index (χ4n) is 1.55. The first-order valence-electron chi connectivity index (χ1n) is 5.82. The van der Waals surface area contributed by atoms with Gasteiger partial charge in [-0.15, -0.1) is 11.3 Å². The summed E-state index contributed by atoms with van der Waals surface area (Å²) in [5.74, 6) is 0.225. The van der Waals surface area contributed by atoms with Gasteiger partial charge in [0.2, 0.25) is 0 Å². The maximum Gasteiger partial charge on any atom is 0.258 e. The minimum Gasteiger partial charge on any atom is -0.484 e. The van der Waals surface area contributed by atoms with Crippen LogP contribution in [-0.2, 0) is 4.79 Å². The Morgan fingerprint density at radius 2 is 2.10 bits per heavy atom. The zero-order chi connectivity index (χ0) is 14.5. The molecule has 4 nitrogen and oxygen atoms in total. The number of carbonyl (C=O) groups is 1. The zero-order valence-electron chi connectivity index (χ0n) is 10.6. The van der Waals surface area contributed by atoms with E-state index >= 15 is 0 Å². The molecule has 1 amide bonds. The molecule has 20 heavy (non-hydrogen) atoms. The number of rotatable bonds is 5. The van der Waals surface area contributed by atoms with E-state index in [1.165, 1.54) is 11.3 Å². The van der Waals surface area contributed by atoms with Gasteiger partial charge in [0.05, 0.1) is 6.04 Å². The van der Waals surface area contributed by atoms with Crippen LogP contribution in [0.1, 0.15) is 18.0 Å². The molecule has 7 heteroatoms. The Morgan fingerprint density at radius 3 is 2.70 bits per heavy atom. The summed E-state index contributed by atoms with van der Waals surface area (Å²) in [5, 5.41) is 6.44. The molecule has 0 spiro atoms. The lowest BCUT2D eigenvalue weighted by Gasteiger charge is -2.12. The standard InChI is InChI=1S/C13H12Cl2N2O2S/c1-8(13-16-2-3-20-13)17-12(18)7-19-11-5-9(14)4-10(15)6-11/h2-6,8H,7H2,1H3,(H,17,18)/t8-/m1/s1.